The van der Waals surface area contributed by atoms with Crippen molar-refractivity contribution in [2.45, 2.75) is 20.4 Å². The molecule has 5 nitrogen and oxygen atoms in total. The molecule has 0 aliphatic carbocycles. The van der Waals surface area contributed by atoms with Crippen molar-refractivity contribution in [2.75, 3.05) is 11.1 Å². The third-order valence-electron chi connectivity index (χ3n) is 2.55. The average molecular weight is 217 g/mol. The van der Waals surface area contributed by atoms with Crippen LogP contribution < -0.4 is 11.1 Å². The summed E-state index contributed by atoms with van der Waals surface area (Å²) in [4.78, 5) is 4.20. The van der Waals surface area contributed by atoms with Crippen LogP contribution in [0.1, 0.15) is 16.8 Å². The number of rotatable bonds is 3. The van der Waals surface area contributed by atoms with Gasteiger partial charge >= 0.3 is 0 Å². The van der Waals surface area contributed by atoms with E-state index in [1.165, 1.54) is 0 Å². The maximum Gasteiger partial charge on any atom is 0.126 e. The summed E-state index contributed by atoms with van der Waals surface area (Å²) in [6.45, 7) is 4.66. The van der Waals surface area contributed by atoms with Crippen LogP contribution in [0, 0.1) is 13.8 Å². The zero-order valence-electron chi connectivity index (χ0n) is 9.41. The molecule has 2 aromatic rings. The number of nitrogen functional groups attached to an aromatic ring is 1. The van der Waals surface area contributed by atoms with Gasteiger partial charge in [-0.1, -0.05) is 0 Å². The Morgan fingerprint density at radius 1 is 1.38 bits per heavy atom. The molecule has 84 valence electrons. The van der Waals surface area contributed by atoms with Crippen molar-refractivity contribution in [3.05, 3.63) is 35.3 Å². The van der Waals surface area contributed by atoms with Gasteiger partial charge in [-0.05, 0) is 25.5 Å². The number of nitrogens with one attached hydrogen (secondary N) is 2. The smallest absolute Gasteiger partial charge is 0.126 e. The Kier molecular flexibility index (Phi) is 2.76. The van der Waals surface area contributed by atoms with Gasteiger partial charge in [0.2, 0.25) is 0 Å². The van der Waals surface area contributed by atoms with Crippen LogP contribution in [-0.4, -0.2) is 15.2 Å². The number of aryl methyl sites for hydroxylation is 2. The molecule has 0 amide bonds. The third kappa shape index (κ3) is 2.13. The Labute approximate surface area is 94.1 Å². The lowest BCUT2D eigenvalue weighted by molar-refractivity contribution is 1.04. The van der Waals surface area contributed by atoms with Crippen molar-refractivity contribution in [2.24, 2.45) is 0 Å². The van der Waals surface area contributed by atoms with Crippen LogP contribution in [0.15, 0.2) is 18.5 Å². The minimum Gasteiger partial charge on any atom is -0.397 e. The lowest BCUT2D eigenvalue weighted by Gasteiger charge is -2.06. The number of anilines is 2. The molecule has 0 saturated heterocycles. The first-order chi connectivity index (χ1) is 7.66. The second-order valence-corrected chi connectivity index (χ2v) is 3.80. The van der Waals surface area contributed by atoms with Gasteiger partial charge in [0.05, 0.1) is 18.1 Å². The second-order valence-electron chi connectivity index (χ2n) is 3.80. The van der Waals surface area contributed by atoms with Crippen molar-refractivity contribution in [3.8, 4) is 0 Å². The highest BCUT2D eigenvalue weighted by molar-refractivity contribution is 5.51. The Morgan fingerprint density at radius 2 is 2.19 bits per heavy atom. The van der Waals surface area contributed by atoms with Crippen LogP contribution in [0.2, 0.25) is 0 Å². The Bertz CT molecular complexity index is 489. The SMILES string of the molecule is Cc1cc(NCc2cn[nH]c2C)ncc1N. The molecule has 0 saturated carbocycles. The van der Waals surface area contributed by atoms with E-state index < -0.39 is 0 Å². The van der Waals surface area contributed by atoms with Gasteiger partial charge in [0.25, 0.3) is 0 Å². The van der Waals surface area contributed by atoms with Crippen LogP contribution in [0.25, 0.3) is 0 Å². The fourth-order valence-electron chi connectivity index (χ4n) is 1.40. The van der Waals surface area contributed by atoms with E-state index in [1.807, 2.05) is 26.1 Å². The molecule has 0 radical (unpaired) electrons. The van der Waals surface area contributed by atoms with Crippen molar-refractivity contribution < 1.29 is 0 Å². The highest BCUT2D eigenvalue weighted by Gasteiger charge is 2.01. The van der Waals surface area contributed by atoms with E-state index in [4.69, 9.17) is 5.73 Å². The van der Waals surface area contributed by atoms with Crippen LogP contribution in [0.4, 0.5) is 11.5 Å². The van der Waals surface area contributed by atoms with Crippen molar-refractivity contribution >= 4 is 11.5 Å². The quantitative estimate of drug-likeness (QED) is 0.729. The monoisotopic (exact) mass is 217 g/mol. The molecule has 0 fully saturated rings. The topological polar surface area (TPSA) is 79.6 Å². The number of nitrogens with two attached hydrogens (primary N) is 1. The molecule has 0 spiro atoms. The number of aromatic amines is 1. The van der Waals surface area contributed by atoms with E-state index in [1.54, 1.807) is 6.20 Å². The van der Waals surface area contributed by atoms with Gasteiger partial charge in [-0.2, -0.15) is 5.10 Å². The molecule has 0 atom stereocenters. The summed E-state index contributed by atoms with van der Waals surface area (Å²) in [6, 6.07) is 1.94. The molecule has 0 bridgehead atoms. The normalized spacial score (nSPS) is 10.4. The first kappa shape index (κ1) is 10.5. The number of nitrogens with zero attached hydrogens (tertiary/aromatic N) is 2. The van der Waals surface area contributed by atoms with Gasteiger partial charge in [-0.3, -0.25) is 5.10 Å². The van der Waals surface area contributed by atoms with Crippen LogP contribution in [0.5, 0.6) is 0 Å². The van der Waals surface area contributed by atoms with Gasteiger partial charge in [-0.15, -0.1) is 0 Å². The molecule has 0 aliphatic rings. The highest BCUT2D eigenvalue weighted by atomic mass is 15.1. The first-order valence-electron chi connectivity index (χ1n) is 5.11. The van der Waals surface area contributed by atoms with E-state index in [2.05, 4.69) is 20.5 Å². The van der Waals surface area contributed by atoms with Crippen molar-refractivity contribution in [1.29, 1.82) is 0 Å². The summed E-state index contributed by atoms with van der Waals surface area (Å²) in [5, 5.41) is 10.1. The van der Waals surface area contributed by atoms with Crippen LogP contribution in [0.3, 0.4) is 0 Å². The number of hydrogen-bond donors (Lipinski definition) is 3. The van der Waals surface area contributed by atoms with Crippen LogP contribution >= 0.6 is 0 Å². The maximum absolute atomic E-state index is 5.70. The number of H-pyrrole nitrogens is 1. The number of pyridine rings is 1. The first-order valence-corrected chi connectivity index (χ1v) is 5.11. The maximum atomic E-state index is 5.70. The van der Waals surface area contributed by atoms with Gasteiger partial charge in [0, 0.05) is 17.8 Å². The summed E-state index contributed by atoms with van der Waals surface area (Å²) >= 11 is 0. The van der Waals surface area contributed by atoms with Gasteiger partial charge in [-0.25, -0.2) is 4.98 Å². The van der Waals surface area contributed by atoms with E-state index in [0.29, 0.717) is 12.2 Å². The molecule has 2 aromatic heterocycles. The van der Waals surface area contributed by atoms with E-state index >= 15 is 0 Å². The Hall–Kier alpha value is -2.04. The lowest BCUT2D eigenvalue weighted by atomic mass is 10.2. The summed E-state index contributed by atoms with van der Waals surface area (Å²) in [5.74, 6) is 0.826. The molecule has 0 aromatic carbocycles. The van der Waals surface area contributed by atoms with Crippen molar-refractivity contribution in [3.63, 3.8) is 0 Å². The standard InChI is InChI=1S/C11H15N5/c1-7-3-11(14-6-10(7)12)13-4-9-5-15-16-8(9)2/h3,5-6H,4,12H2,1-2H3,(H,13,14)(H,15,16). The summed E-state index contributed by atoms with van der Waals surface area (Å²) in [6.07, 6.45) is 3.48. The fourth-order valence-corrected chi connectivity index (χ4v) is 1.40. The second kappa shape index (κ2) is 4.22. The molecular formula is C11H15N5. The molecule has 4 N–H and O–H groups in total. The fraction of sp³-hybridized carbons (Fsp3) is 0.273. The van der Waals surface area contributed by atoms with Gasteiger partial charge in [0.15, 0.2) is 0 Å². The summed E-state index contributed by atoms with van der Waals surface area (Å²) < 4.78 is 0. The lowest BCUT2D eigenvalue weighted by Crippen LogP contribution is -2.03. The minimum atomic E-state index is 0.707. The zero-order valence-corrected chi connectivity index (χ0v) is 9.41. The third-order valence-corrected chi connectivity index (χ3v) is 2.55. The summed E-state index contributed by atoms with van der Waals surface area (Å²) in [7, 11) is 0. The van der Waals surface area contributed by atoms with E-state index in [-0.39, 0.29) is 0 Å². The number of aromatic nitrogens is 3. The summed E-state index contributed by atoms with van der Waals surface area (Å²) in [5.41, 5.74) is 9.64. The predicted molar refractivity (Wildman–Crippen MR) is 64.0 cm³/mol. The molecule has 0 unspecified atom stereocenters. The van der Waals surface area contributed by atoms with E-state index in [9.17, 15) is 0 Å². The number of hydrogen-bond acceptors (Lipinski definition) is 4. The molecule has 16 heavy (non-hydrogen) atoms. The van der Waals surface area contributed by atoms with Gasteiger partial charge in [0.1, 0.15) is 5.82 Å². The molecule has 2 heterocycles. The predicted octanol–water partition coefficient (Wildman–Crippen LogP) is 1.62. The highest BCUT2D eigenvalue weighted by Crippen LogP contribution is 2.14. The Balaban J connectivity index is 2.05. The Morgan fingerprint density at radius 3 is 2.81 bits per heavy atom. The van der Waals surface area contributed by atoms with Gasteiger partial charge < -0.3 is 11.1 Å². The zero-order chi connectivity index (χ0) is 11.5. The molecule has 2 rings (SSSR count). The van der Waals surface area contributed by atoms with E-state index in [0.717, 1.165) is 22.6 Å². The van der Waals surface area contributed by atoms with Crippen molar-refractivity contribution in [1.82, 2.24) is 15.2 Å². The average Bonchev–Trinajstić information content (AvgIpc) is 2.66. The molecule has 0 aliphatic heterocycles. The largest absolute Gasteiger partial charge is 0.397 e. The molecule has 5 heteroatoms. The van der Waals surface area contributed by atoms with Crippen LogP contribution in [-0.2, 0) is 6.54 Å². The minimum absolute atomic E-state index is 0.707. The molecular weight excluding hydrogens is 202 g/mol.